The van der Waals surface area contributed by atoms with Crippen LogP contribution >= 0.6 is 0 Å². The molecule has 0 N–H and O–H groups in total. The highest BCUT2D eigenvalue weighted by Crippen LogP contribution is 2.55. The van der Waals surface area contributed by atoms with E-state index in [9.17, 15) is 9.59 Å². The third-order valence-electron chi connectivity index (χ3n) is 4.02. The number of hydrogen-bond donors (Lipinski definition) is 0. The lowest BCUT2D eigenvalue weighted by molar-refractivity contribution is -0.188. The molecule has 0 spiro atoms. The first-order valence-corrected chi connectivity index (χ1v) is 5.39. The maximum absolute atomic E-state index is 12.3. The molecule has 2 heterocycles. The number of piperidine rings is 1. The van der Waals surface area contributed by atoms with Crippen LogP contribution in [0.1, 0.15) is 20.3 Å². The maximum atomic E-state index is 12.3. The van der Waals surface area contributed by atoms with Crippen LogP contribution in [0.4, 0.5) is 0 Å². The third-order valence-corrected chi connectivity index (χ3v) is 4.02. The van der Waals surface area contributed by atoms with E-state index in [-0.39, 0.29) is 0 Å². The van der Waals surface area contributed by atoms with E-state index in [2.05, 4.69) is 0 Å². The number of hydrogen-bond acceptors (Lipinski definition) is 5. The Morgan fingerprint density at radius 2 is 2.00 bits per heavy atom. The van der Waals surface area contributed by atoms with Gasteiger partial charge < -0.3 is 19.1 Å². The van der Waals surface area contributed by atoms with Crippen molar-refractivity contribution in [2.75, 3.05) is 21.3 Å². The first kappa shape index (κ1) is 12.3. The SMILES string of the molecule is COC(=O)[C@]12O[C@](C)(C[C@@]1(C)OC)N(C)C2=O. The minimum Gasteiger partial charge on any atom is -0.466 e. The van der Waals surface area contributed by atoms with Crippen LogP contribution in [0.15, 0.2) is 0 Å². The summed E-state index contributed by atoms with van der Waals surface area (Å²) < 4.78 is 15.8. The van der Waals surface area contributed by atoms with Gasteiger partial charge in [0.05, 0.1) is 7.11 Å². The van der Waals surface area contributed by atoms with Gasteiger partial charge in [0.25, 0.3) is 11.5 Å². The van der Waals surface area contributed by atoms with E-state index in [1.54, 1.807) is 20.9 Å². The summed E-state index contributed by atoms with van der Waals surface area (Å²) in [7, 11) is 4.31. The summed E-state index contributed by atoms with van der Waals surface area (Å²) >= 11 is 0. The van der Waals surface area contributed by atoms with Gasteiger partial charge in [0.15, 0.2) is 0 Å². The summed E-state index contributed by atoms with van der Waals surface area (Å²) in [6.07, 6.45) is 0.424. The van der Waals surface area contributed by atoms with Crippen LogP contribution < -0.4 is 0 Å². The zero-order chi connectivity index (χ0) is 13.1. The molecule has 0 aromatic heterocycles. The van der Waals surface area contributed by atoms with E-state index in [1.165, 1.54) is 19.1 Å². The molecule has 2 rings (SSSR count). The minimum atomic E-state index is -1.68. The molecule has 2 aliphatic heterocycles. The number of rotatable bonds is 2. The lowest BCUT2D eigenvalue weighted by atomic mass is 9.78. The molecule has 6 heteroatoms. The first-order chi connectivity index (χ1) is 7.77. The molecule has 2 aliphatic rings. The molecule has 17 heavy (non-hydrogen) atoms. The van der Waals surface area contributed by atoms with Crippen molar-refractivity contribution in [3.63, 3.8) is 0 Å². The van der Waals surface area contributed by atoms with Crippen LogP contribution in [0, 0.1) is 0 Å². The molecule has 96 valence electrons. The fraction of sp³-hybridized carbons (Fsp3) is 0.818. The van der Waals surface area contributed by atoms with Crippen molar-refractivity contribution in [3.05, 3.63) is 0 Å². The Balaban J connectivity index is 2.59. The van der Waals surface area contributed by atoms with Crippen molar-refractivity contribution in [3.8, 4) is 0 Å². The van der Waals surface area contributed by atoms with Gasteiger partial charge in [-0.1, -0.05) is 0 Å². The summed E-state index contributed by atoms with van der Waals surface area (Å²) in [6, 6.07) is 0. The fourth-order valence-electron chi connectivity index (χ4n) is 2.84. The average molecular weight is 243 g/mol. The minimum absolute atomic E-state index is 0.414. The number of ether oxygens (including phenoxy) is 3. The number of fused-ring (bicyclic) bond motifs is 2. The summed E-state index contributed by atoms with van der Waals surface area (Å²) in [5.41, 5.74) is -3.51. The average Bonchev–Trinajstić information content (AvgIpc) is 2.66. The molecular weight excluding hydrogens is 226 g/mol. The largest absolute Gasteiger partial charge is 0.466 e. The van der Waals surface area contributed by atoms with E-state index in [0.717, 1.165) is 0 Å². The van der Waals surface area contributed by atoms with Crippen molar-refractivity contribution in [1.82, 2.24) is 4.90 Å². The predicted octanol–water partition coefficient (Wildman–Crippen LogP) is -0.0882. The molecular formula is C11H17NO5. The Kier molecular flexibility index (Phi) is 2.32. The maximum Gasteiger partial charge on any atom is 0.351 e. The molecule has 0 aromatic carbocycles. The van der Waals surface area contributed by atoms with Crippen LogP contribution in [-0.4, -0.2) is 55.0 Å². The van der Waals surface area contributed by atoms with Gasteiger partial charge in [-0.2, -0.15) is 0 Å². The lowest BCUT2D eigenvalue weighted by Crippen LogP contribution is -2.65. The summed E-state index contributed by atoms with van der Waals surface area (Å²) in [6.45, 7) is 3.46. The number of carbonyl (C=O) groups is 2. The topological polar surface area (TPSA) is 65.1 Å². The standard InChI is InChI=1S/C11H17NO5/c1-9(16-5)6-10(2)12(3)7(13)11(9,17-10)8(14)15-4/h6H2,1-5H3/t9-,10-,11+/m1/s1. The number of methoxy groups -OCH3 is 2. The highest BCUT2D eigenvalue weighted by Gasteiger charge is 2.78. The van der Waals surface area contributed by atoms with Gasteiger partial charge in [0.1, 0.15) is 11.3 Å². The molecule has 0 aromatic rings. The highest BCUT2D eigenvalue weighted by molar-refractivity contribution is 6.10. The van der Waals surface area contributed by atoms with Crippen LogP contribution in [-0.2, 0) is 23.8 Å². The Morgan fingerprint density at radius 1 is 1.41 bits per heavy atom. The van der Waals surface area contributed by atoms with Crippen LogP contribution in [0.3, 0.4) is 0 Å². The van der Waals surface area contributed by atoms with Crippen LogP contribution in [0.2, 0.25) is 0 Å². The van der Waals surface area contributed by atoms with E-state index in [0.29, 0.717) is 6.42 Å². The smallest absolute Gasteiger partial charge is 0.351 e. The zero-order valence-corrected chi connectivity index (χ0v) is 10.7. The number of amides is 1. The van der Waals surface area contributed by atoms with Crippen molar-refractivity contribution >= 4 is 11.9 Å². The summed E-state index contributed by atoms with van der Waals surface area (Å²) in [5, 5.41) is 0. The quantitative estimate of drug-likeness (QED) is 0.501. The fourth-order valence-corrected chi connectivity index (χ4v) is 2.84. The second-order valence-electron chi connectivity index (χ2n) is 4.93. The number of likely N-dealkylation sites (tertiary alicyclic amines) is 1. The Morgan fingerprint density at radius 3 is 2.41 bits per heavy atom. The van der Waals surface area contributed by atoms with Gasteiger partial charge in [-0.25, -0.2) is 4.79 Å². The normalized spacial score (nSPS) is 44.3. The first-order valence-electron chi connectivity index (χ1n) is 5.39. The zero-order valence-electron chi connectivity index (χ0n) is 10.7. The molecule has 3 atom stereocenters. The van der Waals surface area contributed by atoms with Crippen molar-refractivity contribution in [2.24, 2.45) is 0 Å². The number of likely N-dealkylation sites (N-methyl/N-ethyl adjacent to an activating group) is 1. The van der Waals surface area contributed by atoms with Crippen molar-refractivity contribution < 1.29 is 23.8 Å². The van der Waals surface area contributed by atoms with Crippen molar-refractivity contribution in [1.29, 1.82) is 0 Å². The molecule has 2 fully saturated rings. The number of nitrogens with zero attached hydrogens (tertiary/aromatic N) is 1. The van der Waals surface area contributed by atoms with Crippen molar-refractivity contribution in [2.45, 2.75) is 37.2 Å². The van der Waals surface area contributed by atoms with Crippen LogP contribution in [0.25, 0.3) is 0 Å². The number of carbonyl (C=O) groups excluding carboxylic acids is 2. The van der Waals surface area contributed by atoms with E-state index in [1.807, 2.05) is 0 Å². The van der Waals surface area contributed by atoms with Gasteiger partial charge in [0.2, 0.25) is 0 Å². The number of esters is 1. The molecule has 2 bridgehead atoms. The molecule has 0 aliphatic carbocycles. The summed E-state index contributed by atoms with van der Waals surface area (Å²) in [4.78, 5) is 25.7. The van der Waals surface area contributed by atoms with Gasteiger partial charge >= 0.3 is 5.97 Å². The molecule has 0 saturated carbocycles. The molecule has 2 saturated heterocycles. The molecule has 1 amide bonds. The second kappa shape index (κ2) is 3.20. The molecule has 0 radical (unpaired) electrons. The molecule has 6 nitrogen and oxygen atoms in total. The highest BCUT2D eigenvalue weighted by atomic mass is 16.6. The van der Waals surface area contributed by atoms with Gasteiger partial charge in [-0.05, 0) is 13.8 Å². The lowest BCUT2D eigenvalue weighted by Gasteiger charge is -2.40. The van der Waals surface area contributed by atoms with E-state index >= 15 is 0 Å². The Bertz CT molecular complexity index is 397. The van der Waals surface area contributed by atoms with Gasteiger partial charge in [-0.15, -0.1) is 0 Å². The summed E-state index contributed by atoms with van der Waals surface area (Å²) in [5.74, 6) is -1.12. The third kappa shape index (κ3) is 1.12. The van der Waals surface area contributed by atoms with Crippen LogP contribution in [0.5, 0.6) is 0 Å². The molecule has 0 unspecified atom stereocenters. The monoisotopic (exact) mass is 243 g/mol. The Hall–Kier alpha value is -1.14. The predicted molar refractivity (Wildman–Crippen MR) is 57.0 cm³/mol. The van der Waals surface area contributed by atoms with E-state index in [4.69, 9.17) is 14.2 Å². The second-order valence-corrected chi connectivity index (χ2v) is 4.93. The van der Waals surface area contributed by atoms with E-state index < -0.39 is 28.8 Å². The Labute approximate surface area is 99.8 Å². The van der Waals surface area contributed by atoms with Gasteiger partial charge in [-0.3, -0.25) is 4.79 Å². The van der Waals surface area contributed by atoms with Gasteiger partial charge in [0, 0.05) is 20.6 Å².